The summed E-state index contributed by atoms with van der Waals surface area (Å²) in [6.07, 6.45) is 0. The van der Waals surface area contributed by atoms with Crippen LogP contribution in [-0.2, 0) is 0 Å². The highest BCUT2D eigenvalue weighted by atomic mass is 32.1. The molecule has 0 aliphatic rings. The fraction of sp³-hybridized carbons (Fsp3) is 0.0769. The van der Waals surface area contributed by atoms with Gasteiger partial charge in [0.05, 0.1) is 5.39 Å². The molecule has 0 radical (unpaired) electrons. The van der Waals surface area contributed by atoms with Crippen molar-refractivity contribution in [2.75, 3.05) is 0 Å². The van der Waals surface area contributed by atoms with Gasteiger partial charge in [-0.25, -0.2) is 4.98 Å². The Morgan fingerprint density at radius 2 is 1.94 bits per heavy atom. The second-order valence-corrected chi connectivity index (χ2v) is 4.81. The Kier molecular flexibility index (Phi) is 2.30. The van der Waals surface area contributed by atoms with Crippen molar-refractivity contribution < 1.29 is 0 Å². The lowest BCUT2D eigenvalue weighted by Gasteiger charge is -2.01. The minimum absolute atomic E-state index is 0.0770. The quantitative estimate of drug-likeness (QED) is 0.713. The summed E-state index contributed by atoms with van der Waals surface area (Å²) in [7, 11) is 0. The molecule has 3 nitrogen and oxygen atoms in total. The van der Waals surface area contributed by atoms with Gasteiger partial charge >= 0.3 is 0 Å². The summed E-state index contributed by atoms with van der Waals surface area (Å²) in [6.45, 7) is 2.03. The van der Waals surface area contributed by atoms with Crippen LogP contribution in [0.4, 0.5) is 0 Å². The smallest absolute Gasteiger partial charge is 0.259 e. The predicted octanol–water partition coefficient (Wildman–Crippen LogP) is 2.96. The molecule has 3 aromatic rings. The van der Waals surface area contributed by atoms with Crippen molar-refractivity contribution in [3.05, 3.63) is 51.6 Å². The molecular formula is C13H10N2OS. The van der Waals surface area contributed by atoms with Crippen LogP contribution in [0, 0.1) is 6.92 Å². The molecular weight excluding hydrogens is 232 g/mol. The highest BCUT2D eigenvalue weighted by molar-refractivity contribution is 7.16. The van der Waals surface area contributed by atoms with Gasteiger partial charge in [0, 0.05) is 5.56 Å². The largest absolute Gasteiger partial charge is 0.306 e. The zero-order chi connectivity index (χ0) is 11.8. The van der Waals surface area contributed by atoms with Gasteiger partial charge in [-0.3, -0.25) is 4.79 Å². The van der Waals surface area contributed by atoms with E-state index in [0.29, 0.717) is 11.2 Å². The van der Waals surface area contributed by atoms with Crippen LogP contribution >= 0.6 is 11.3 Å². The molecule has 0 saturated heterocycles. The minimum atomic E-state index is -0.0770. The van der Waals surface area contributed by atoms with Gasteiger partial charge in [0.25, 0.3) is 5.56 Å². The van der Waals surface area contributed by atoms with E-state index in [4.69, 9.17) is 0 Å². The summed E-state index contributed by atoms with van der Waals surface area (Å²) in [5.41, 5.74) is 2.04. The molecule has 17 heavy (non-hydrogen) atoms. The van der Waals surface area contributed by atoms with Gasteiger partial charge in [0.1, 0.15) is 10.7 Å². The number of aromatic nitrogens is 2. The third-order valence-corrected chi connectivity index (χ3v) is 3.47. The van der Waals surface area contributed by atoms with E-state index in [1.165, 1.54) is 16.9 Å². The van der Waals surface area contributed by atoms with Crippen molar-refractivity contribution in [3.8, 4) is 11.4 Å². The van der Waals surface area contributed by atoms with Crippen LogP contribution in [0.25, 0.3) is 21.6 Å². The Bertz CT molecular complexity index is 725. The highest BCUT2D eigenvalue weighted by Crippen LogP contribution is 2.19. The fourth-order valence-electron chi connectivity index (χ4n) is 1.71. The third-order valence-electron chi connectivity index (χ3n) is 2.66. The molecule has 1 aromatic carbocycles. The second kappa shape index (κ2) is 3.82. The number of nitrogens with zero attached hydrogens (tertiary/aromatic N) is 1. The molecule has 0 unspecified atom stereocenters. The maximum Gasteiger partial charge on any atom is 0.259 e. The molecule has 0 aliphatic carbocycles. The number of benzene rings is 1. The Hall–Kier alpha value is -1.94. The standard InChI is InChI=1S/C13H10N2OS/c1-8-2-4-9(5-3-8)11-14-12(16)10-6-7-17-13(10)15-11/h2-7H,1H3,(H,14,15,16). The number of nitrogens with one attached hydrogen (secondary N) is 1. The van der Waals surface area contributed by atoms with Crippen molar-refractivity contribution in [3.63, 3.8) is 0 Å². The van der Waals surface area contributed by atoms with Crippen molar-refractivity contribution in [2.24, 2.45) is 0 Å². The van der Waals surface area contributed by atoms with E-state index in [1.807, 2.05) is 36.6 Å². The van der Waals surface area contributed by atoms with Crippen LogP contribution in [0.5, 0.6) is 0 Å². The normalized spacial score (nSPS) is 10.9. The van der Waals surface area contributed by atoms with Crippen LogP contribution in [0.1, 0.15) is 5.56 Å². The van der Waals surface area contributed by atoms with E-state index in [0.717, 1.165) is 10.4 Å². The molecule has 0 bridgehead atoms. The van der Waals surface area contributed by atoms with Gasteiger partial charge in [-0.2, -0.15) is 0 Å². The fourth-order valence-corrected chi connectivity index (χ4v) is 2.48. The van der Waals surface area contributed by atoms with Gasteiger partial charge < -0.3 is 4.98 Å². The number of H-pyrrole nitrogens is 1. The first-order chi connectivity index (χ1) is 8.24. The summed E-state index contributed by atoms with van der Waals surface area (Å²) in [5.74, 6) is 0.630. The molecule has 0 spiro atoms. The Balaban J connectivity index is 2.23. The maximum absolute atomic E-state index is 11.8. The summed E-state index contributed by atoms with van der Waals surface area (Å²) in [5, 5.41) is 2.54. The van der Waals surface area contributed by atoms with E-state index >= 15 is 0 Å². The van der Waals surface area contributed by atoms with Gasteiger partial charge in [0.2, 0.25) is 0 Å². The molecule has 2 aromatic heterocycles. The maximum atomic E-state index is 11.8. The van der Waals surface area contributed by atoms with Crippen LogP contribution in [0.3, 0.4) is 0 Å². The summed E-state index contributed by atoms with van der Waals surface area (Å²) in [4.78, 5) is 19.9. The molecule has 0 amide bonds. The number of thiophene rings is 1. The first-order valence-corrected chi connectivity index (χ1v) is 6.16. The summed E-state index contributed by atoms with van der Waals surface area (Å²) >= 11 is 1.48. The molecule has 4 heteroatoms. The van der Waals surface area contributed by atoms with Crippen LogP contribution in [0.2, 0.25) is 0 Å². The van der Waals surface area contributed by atoms with Crippen molar-refractivity contribution >= 4 is 21.6 Å². The van der Waals surface area contributed by atoms with Crippen molar-refractivity contribution in [1.29, 1.82) is 0 Å². The minimum Gasteiger partial charge on any atom is -0.306 e. The highest BCUT2D eigenvalue weighted by Gasteiger charge is 2.06. The number of hydrogen-bond acceptors (Lipinski definition) is 3. The number of rotatable bonds is 1. The summed E-state index contributed by atoms with van der Waals surface area (Å²) in [6, 6.07) is 9.74. The zero-order valence-corrected chi connectivity index (χ0v) is 10.0. The third kappa shape index (κ3) is 1.76. The first kappa shape index (κ1) is 10.2. The molecule has 0 atom stereocenters. The number of hydrogen-bond donors (Lipinski definition) is 1. The Morgan fingerprint density at radius 1 is 1.18 bits per heavy atom. The molecule has 2 heterocycles. The zero-order valence-electron chi connectivity index (χ0n) is 9.23. The molecule has 3 rings (SSSR count). The molecule has 84 valence electrons. The topological polar surface area (TPSA) is 45.8 Å². The number of aromatic amines is 1. The molecule has 0 fully saturated rings. The first-order valence-electron chi connectivity index (χ1n) is 5.28. The number of fused-ring (bicyclic) bond motifs is 1. The molecule has 0 aliphatic heterocycles. The van der Waals surface area contributed by atoms with Crippen molar-refractivity contribution in [1.82, 2.24) is 9.97 Å². The lowest BCUT2D eigenvalue weighted by molar-refractivity contribution is 1.19. The Morgan fingerprint density at radius 3 is 2.71 bits per heavy atom. The van der Waals surface area contributed by atoms with E-state index in [2.05, 4.69) is 9.97 Å². The van der Waals surface area contributed by atoms with E-state index in [9.17, 15) is 4.79 Å². The average Bonchev–Trinajstić information content (AvgIpc) is 2.78. The van der Waals surface area contributed by atoms with Gasteiger partial charge in [0.15, 0.2) is 0 Å². The predicted molar refractivity (Wildman–Crippen MR) is 70.4 cm³/mol. The second-order valence-electron chi connectivity index (χ2n) is 3.92. The van der Waals surface area contributed by atoms with Gasteiger partial charge in [-0.1, -0.05) is 29.8 Å². The van der Waals surface area contributed by atoms with E-state index in [-0.39, 0.29) is 5.56 Å². The van der Waals surface area contributed by atoms with Gasteiger partial charge in [-0.05, 0) is 18.4 Å². The average molecular weight is 242 g/mol. The lowest BCUT2D eigenvalue weighted by Crippen LogP contribution is -2.07. The number of aryl methyl sites for hydroxylation is 1. The van der Waals surface area contributed by atoms with Crippen LogP contribution in [0.15, 0.2) is 40.5 Å². The molecule has 1 N–H and O–H groups in total. The van der Waals surface area contributed by atoms with E-state index < -0.39 is 0 Å². The van der Waals surface area contributed by atoms with Crippen molar-refractivity contribution in [2.45, 2.75) is 6.92 Å². The van der Waals surface area contributed by atoms with Gasteiger partial charge in [-0.15, -0.1) is 11.3 Å². The Labute approximate surface area is 102 Å². The summed E-state index contributed by atoms with van der Waals surface area (Å²) < 4.78 is 0. The van der Waals surface area contributed by atoms with E-state index in [1.54, 1.807) is 6.07 Å². The van der Waals surface area contributed by atoms with Crippen LogP contribution < -0.4 is 5.56 Å². The monoisotopic (exact) mass is 242 g/mol. The van der Waals surface area contributed by atoms with Crippen LogP contribution in [-0.4, -0.2) is 9.97 Å². The molecule has 0 saturated carbocycles. The SMILES string of the molecule is Cc1ccc(-c2nc3sccc3c(=O)[nH]2)cc1. The lowest BCUT2D eigenvalue weighted by atomic mass is 10.1.